The van der Waals surface area contributed by atoms with Crippen LogP contribution < -0.4 is 5.32 Å². The molecular weight excluding hydrogens is 436 g/mol. The highest BCUT2D eigenvalue weighted by Crippen LogP contribution is 2.44. The normalized spacial score (nSPS) is 19.7. The van der Waals surface area contributed by atoms with Crippen LogP contribution in [0, 0.1) is 0 Å². The van der Waals surface area contributed by atoms with Gasteiger partial charge < -0.3 is 25.2 Å². The molecule has 8 nitrogen and oxygen atoms in total. The topological polar surface area (TPSA) is 116 Å². The summed E-state index contributed by atoms with van der Waals surface area (Å²) in [6.07, 6.45) is 0.586. The van der Waals surface area contributed by atoms with Crippen LogP contribution in [-0.2, 0) is 14.3 Å². The monoisotopic (exact) mass is 464 g/mol. The highest BCUT2D eigenvalue weighted by molar-refractivity contribution is 5.90. The molecular formula is C26H28N2O6. The molecule has 34 heavy (non-hydrogen) atoms. The summed E-state index contributed by atoms with van der Waals surface area (Å²) in [7, 11) is 0. The molecule has 2 unspecified atom stereocenters. The first-order chi connectivity index (χ1) is 16.4. The Labute approximate surface area is 197 Å². The van der Waals surface area contributed by atoms with Gasteiger partial charge in [0.1, 0.15) is 18.7 Å². The molecule has 0 radical (unpaired) electrons. The Morgan fingerprint density at radius 2 is 1.74 bits per heavy atom. The molecule has 3 atom stereocenters. The van der Waals surface area contributed by atoms with Crippen molar-refractivity contribution in [1.82, 2.24) is 10.2 Å². The molecule has 178 valence electrons. The molecule has 1 saturated heterocycles. The van der Waals surface area contributed by atoms with E-state index in [1.807, 2.05) is 48.5 Å². The number of benzene rings is 2. The van der Waals surface area contributed by atoms with Crippen LogP contribution in [0.2, 0.25) is 0 Å². The van der Waals surface area contributed by atoms with E-state index in [9.17, 15) is 24.6 Å². The number of nitrogens with one attached hydrogen (secondary N) is 1. The molecule has 1 aliphatic carbocycles. The zero-order chi connectivity index (χ0) is 24.2. The quantitative estimate of drug-likeness (QED) is 0.518. The van der Waals surface area contributed by atoms with Gasteiger partial charge in [0.05, 0.1) is 6.10 Å². The second-order valence-electron chi connectivity index (χ2n) is 8.62. The molecule has 3 N–H and O–H groups in total. The van der Waals surface area contributed by atoms with Gasteiger partial charge in [0.25, 0.3) is 0 Å². The fourth-order valence-electron chi connectivity index (χ4n) is 4.82. The van der Waals surface area contributed by atoms with Crippen molar-refractivity contribution in [2.45, 2.75) is 43.4 Å². The number of alkyl carbamates (subject to hydrolysis) is 1. The standard InChI is InChI=1S/C26H28N2O6/c1-2-3-12-22(24(30)28-14-16(29)13-23(28)25(31)32)27-26(33)34-15-21-19-10-6-4-8-17(19)18-9-5-7-11-20(18)21/h2,4-11,16,21-23,29H,1,3,12-15H2,(H,27,33)(H,31,32)/t16?,22?,23-/m0/s1. The van der Waals surface area contributed by atoms with Crippen molar-refractivity contribution < 1.29 is 29.3 Å². The van der Waals surface area contributed by atoms with Gasteiger partial charge >= 0.3 is 12.1 Å². The number of hydrogen-bond donors (Lipinski definition) is 3. The molecule has 0 aromatic heterocycles. The zero-order valence-corrected chi connectivity index (χ0v) is 18.7. The first kappa shape index (κ1) is 23.5. The van der Waals surface area contributed by atoms with Gasteiger partial charge in [-0.05, 0) is 35.1 Å². The van der Waals surface area contributed by atoms with E-state index < -0.39 is 36.2 Å². The summed E-state index contributed by atoms with van der Waals surface area (Å²) in [5.41, 5.74) is 4.37. The van der Waals surface area contributed by atoms with Crippen LogP contribution in [0.15, 0.2) is 61.2 Å². The number of carboxylic acids is 1. The van der Waals surface area contributed by atoms with E-state index in [1.54, 1.807) is 6.08 Å². The molecule has 0 spiro atoms. The lowest BCUT2D eigenvalue weighted by molar-refractivity contribution is -0.149. The number of ether oxygens (including phenoxy) is 1. The first-order valence-electron chi connectivity index (χ1n) is 11.3. The number of fused-ring (bicyclic) bond motifs is 3. The number of allylic oxidation sites excluding steroid dienone is 1. The smallest absolute Gasteiger partial charge is 0.407 e. The number of amides is 2. The van der Waals surface area contributed by atoms with Crippen LogP contribution in [0.1, 0.15) is 36.3 Å². The van der Waals surface area contributed by atoms with Crippen LogP contribution >= 0.6 is 0 Å². The number of carbonyl (C=O) groups excluding carboxylic acids is 2. The summed E-state index contributed by atoms with van der Waals surface area (Å²) in [6, 6.07) is 13.9. The van der Waals surface area contributed by atoms with E-state index >= 15 is 0 Å². The molecule has 0 saturated carbocycles. The van der Waals surface area contributed by atoms with Gasteiger partial charge in [0, 0.05) is 18.9 Å². The molecule has 2 aromatic carbocycles. The second kappa shape index (κ2) is 10.1. The van der Waals surface area contributed by atoms with Crippen molar-refractivity contribution in [3.63, 3.8) is 0 Å². The number of hydrogen-bond acceptors (Lipinski definition) is 5. The molecule has 4 rings (SSSR count). The van der Waals surface area contributed by atoms with Gasteiger partial charge in [0.15, 0.2) is 0 Å². The van der Waals surface area contributed by atoms with Gasteiger partial charge in [-0.1, -0.05) is 54.6 Å². The van der Waals surface area contributed by atoms with Gasteiger partial charge in [-0.25, -0.2) is 9.59 Å². The minimum atomic E-state index is -1.19. The largest absolute Gasteiger partial charge is 0.480 e. The lowest BCUT2D eigenvalue weighted by atomic mass is 9.98. The molecule has 1 heterocycles. The number of rotatable bonds is 8. The second-order valence-corrected chi connectivity index (χ2v) is 8.62. The SMILES string of the molecule is C=CCCC(NC(=O)OCC1c2ccccc2-c2ccccc21)C(=O)N1CC(O)C[C@H]1C(=O)O. The third-order valence-corrected chi connectivity index (χ3v) is 6.44. The molecule has 2 amide bonds. The van der Waals surface area contributed by atoms with E-state index in [2.05, 4.69) is 11.9 Å². The third kappa shape index (κ3) is 4.68. The molecule has 2 aromatic rings. The van der Waals surface area contributed by atoms with Gasteiger partial charge in [-0.3, -0.25) is 4.79 Å². The Kier molecular flexibility index (Phi) is 6.98. The van der Waals surface area contributed by atoms with Gasteiger partial charge in [0.2, 0.25) is 5.91 Å². The highest BCUT2D eigenvalue weighted by Gasteiger charge is 2.41. The molecule has 2 aliphatic rings. The van der Waals surface area contributed by atoms with Crippen molar-refractivity contribution in [1.29, 1.82) is 0 Å². The summed E-state index contributed by atoms with van der Waals surface area (Å²) in [5.74, 6) is -1.86. The van der Waals surface area contributed by atoms with Crippen molar-refractivity contribution in [2.24, 2.45) is 0 Å². The van der Waals surface area contributed by atoms with Crippen molar-refractivity contribution in [3.8, 4) is 11.1 Å². The predicted octanol–water partition coefficient (Wildman–Crippen LogP) is 2.91. The molecule has 8 heteroatoms. The van der Waals surface area contributed by atoms with E-state index in [1.165, 1.54) is 0 Å². The minimum absolute atomic E-state index is 0.0415. The van der Waals surface area contributed by atoms with Crippen molar-refractivity contribution in [2.75, 3.05) is 13.2 Å². The van der Waals surface area contributed by atoms with Gasteiger partial charge in [-0.2, -0.15) is 0 Å². The Morgan fingerprint density at radius 1 is 1.12 bits per heavy atom. The Balaban J connectivity index is 1.44. The maximum absolute atomic E-state index is 13.1. The summed E-state index contributed by atoms with van der Waals surface area (Å²) >= 11 is 0. The Morgan fingerprint density at radius 3 is 2.32 bits per heavy atom. The van der Waals surface area contributed by atoms with Crippen LogP contribution in [0.4, 0.5) is 4.79 Å². The third-order valence-electron chi connectivity index (χ3n) is 6.44. The van der Waals surface area contributed by atoms with E-state index in [0.29, 0.717) is 6.42 Å². The maximum atomic E-state index is 13.1. The fraction of sp³-hybridized carbons (Fsp3) is 0.346. The predicted molar refractivity (Wildman–Crippen MR) is 125 cm³/mol. The number of carbonyl (C=O) groups is 3. The van der Waals surface area contributed by atoms with Crippen molar-refractivity contribution in [3.05, 3.63) is 72.3 Å². The Bertz CT molecular complexity index is 1050. The summed E-state index contributed by atoms with van der Waals surface area (Å²) in [4.78, 5) is 38.4. The van der Waals surface area contributed by atoms with E-state index in [-0.39, 0.29) is 31.9 Å². The lowest BCUT2D eigenvalue weighted by Gasteiger charge is -2.27. The number of nitrogens with zero attached hydrogens (tertiary/aromatic N) is 1. The Hall–Kier alpha value is -3.65. The number of aliphatic carboxylic acids is 1. The lowest BCUT2D eigenvalue weighted by Crippen LogP contribution is -2.52. The van der Waals surface area contributed by atoms with Crippen LogP contribution in [0.25, 0.3) is 11.1 Å². The summed E-state index contributed by atoms with van der Waals surface area (Å²) in [5, 5.41) is 21.9. The molecule has 1 aliphatic heterocycles. The first-order valence-corrected chi connectivity index (χ1v) is 11.3. The summed E-state index contributed by atoms with van der Waals surface area (Å²) in [6.45, 7) is 3.66. The minimum Gasteiger partial charge on any atom is -0.480 e. The zero-order valence-electron chi connectivity index (χ0n) is 18.7. The number of aliphatic hydroxyl groups is 1. The highest BCUT2D eigenvalue weighted by atomic mass is 16.5. The van der Waals surface area contributed by atoms with Gasteiger partial charge in [-0.15, -0.1) is 6.58 Å². The number of likely N-dealkylation sites (tertiary alicyclic amines) is 1. The van der Waals surface area contributed by atoms with E-state index in [0.717, 1.165) is 27.2 Å². The van der Waals surface area contributed by atoms with Crippen LogP contribution in [-0.4, -0.2) is 64.4 Å². The van der Waals surface area contributed by atoms with Crippen molar-refractivity contribution >= 4 is 18.0 Å². The van der Waals surface area contributed by atoms with Crippen LogP contribution in [0.5, 0.6) is 0 Å². The molecule has 0 bridgehead atoms. The number of carboxylic acid groups (broad SMARTS) is 1. The number of β-amino-alcohol motifs (C(OH)–C–C–N with tert-alkyl or cyclic N) is 1. The average Bonchev–Trinajstić information content (AvgIpc) is 3.38. The summed E-state index contributed by atoms with van der Waals surface area (Å²) < 4.78 is 5.55. The maximum Gasteiger partial charge on any atom is 0.407 e. The van der Waals surface area contributed by atoms with E-state index in [4.69, 9.17) is 4.74 Å². The fourth-order valence-corrected chi connectivity index (χ4v) is 4.82. The van der Waals surface area contributed by atoms with Crippen LogP contribution in [0.3, 0.4) is 0 Å². The molecule has 1 fully saturated rings. The number of aliphatic hydroxyl groups excluding tert-OH is 1. The average molecular weight is 465 g/mol.